The minimum Gasteiger partial charge on any atom is -0.466 e. The Labute approximate surface area is 387 Å². The molecule has 0 saturated heterocycles. The minimum absolute atomic E-state index is 0.0160. The van der Waals surface area contributed by atoms with E-state index in [0.717, 1.165) is 63.6 Å². The fourth-order valence-electron chi connectivity index (χ4n) is 15.2. The molecule has 1 amide bonds. The van der Waals surface area contributed by atoms with Crippen LogP contribution in [-0.4, -0.2) is 54.5 Å². The molecule has 6 fully saturated rings. The summed E-state index contributed by atoms with van der Waals surface area (Å²) in [5.74, 6) is 4.38. The van der Waals surface area contributed by atoms with Crippen LogP contribution in [0.1, 0.15) is 147 Å². The Hall–Kier alpha value is -3.26. The van der Waals surface area contributed by atoms with Crippen LogP contribution >= 0.6 is 0 Å². The minimum atomic E-state index is -0.245. The van der Waals surface area contributed by atoms with Gasteiger partial charge in [-0.25, -0.2) is 0 Å². The van der Waals surface area contributed by atoms with Gasteiger partial charge in [-0.3, -0.25) is 9.59 Å². The summed E-state index contributed by atoms with van der Waals surface area (Å²) < 4.78 is 5.61. The SMILES string of the molecule is C=C1CCC2[C@H](CNC(=O)c3ccccc3)C([C@@]3(C)CC[C@H](C)C[C@@H]3COC(C)=O)CC[C@]12C.C=C1CCC2[C@H](CNCc3ccccc3)C([C@@]3(C)CC[C@H](O)C[C@@H]3CO)CC[C@]12C. The van der Waals surface area contributed by atoms with Gasteiger partial charge in [-0.05, 0) is 183 Å². The van der Waals surface area contributed by atoms with Gasteiger partial charge in [0.2, 0.25) is 0 Å². The predicted octanol–water partition coefficient (Wildman–Crippen LogP) is 11.4. The number of carbonyl (C=O) groups excluding carboxylic acids is 2. The molecule has 14 atom stereocenters. The highest BCUT2D eigenvalue weighted by atomic mass is 16.5. The van der Waals surface area contributed by atoms with Crippen LogP contribution in [0.15, 0.2) is 85.0 Å². The number of rotatable bonds is 12. The number of ether oxygens (including phenoxy) is 1. The zero-order chi connectivity index (χ0) is 45.9. The standard InChI is InChI=1S/C30H43NO3.C27H41NO2/c1-20-13-15-30(5,24(17-20)19-34-22(3)32)27-14-16-29(4)21(2)11-12-26(29)25(27)18-31-28(33)23-9-7-6-8-10-23;1-19-9-10-24-23(17-28-16-20-7-5-4-6-8-20)25(12-14-26(19,24)2)27(3)13-11-22(30)15-21(27)18-29/h6-10,20,24-27H,2,11-19H2,1,3-5H3,(H,31,33);4-8,21-25,28-30H,1,9-18H2,2-3H3/t20-,24+,25-,26?,27?,29+,30-;21-,22+,23+,24?,25?,26-,27+/m01/s1. The van der Waals surface area contributed by atoms with E-state index in [4.69, 9.17) is 4.74 Å². The largest absolute Gasteiger partial charge is 0.466 e. The fourth-order valence-corrected chi connectivity index (χ4v) is 15.2. The number of amides is 1. The summed E-state index contributed by atoms with van der Waals surface area (Å²) >= 11 is 0. The van der Waals surface area contributed by atoms with Gasteiger partial charge in [-0.2, -0.15) is 0 Å². The third-order valence-corrected chi connectivity index (χ3v) is 19.6. The Kier molecular flexibility index (Phi) is 15.4. The van der Waals surface area contributed by atoms with Crippen LogP contribution in [0.4, 0.5) is 0 Å². The van der Waals surface area contributed by atoms with Crippen LogP contribution in [0, 0.1) is 74.9 Å². The maximum absolute atomic E-state index is 13.0. The first kappa shape index (κ1) is 48.7. The summed E-state index contributed by atoms with van der Waals surface area (Å²) in [6.45, 7) is 25.9. The number of nitrogens with one attached hydrogen (secondary N) is 2. The smallest absolute Gasteiger partial charge is 0.302 e. The monoisotopic (exact) mass is 877 g/mol. The third kappa shape index (κ3) is 9.89. The van der Waals surface area contributed by atoms with Crippen molar-refractivity contribution < 1.29 is 24.5 Å². The molecule has 4 unspecified atom stereocenters. The highest BCUT2D eigenvalue weighted by molar-refractivity contribution is 5.94. The van der Waals surface area contributed by atoms with Crippen LogP contribution < -0.4 is 10.6 Å². The van der Waals surface area contributed by atoms with E-state index in [-0.39, 0.29) is 52.2 Å². The summed E-state index contributed by atoms with van der Waals surface area (Å²) in [5.41, 5.74) is 5.57. The number of allylic oxidation sites excluding steroid dienone is 2. The molecule has 7 heteroatoms. The van der Waals surface area contributed by atoms with E-state index in [1.807, 2.05) is 30.3 Å². The maximum atomic E-state index is 13.0. The lowest BCUT2D eigenvalue weighted by molar-refractivity contribution is -0.148. The molecular weight excluding hydrogens is 793 g/mol. The van der Waals surface area contributed by atoms with Gasteiger partial charge in [0.05, 0.1) is 12.7 Å². The lowest BCUT2D eigenvalue weighted by Crippen LogP contribution is -2.53. The molecule has 352 valence electrons. The predicted molar refractivity (Wildman–Crippen MR) is 259 cm³/mol. The van der Waals surface area contributed by atoms with Crippen molar-refractivity contribution >= 4 is 11.9 Å². The van der Waals surface area contributed by atoms with E-state index in [0.29, 0.717) is 60.5 Å². The van der Waals surface area contributed by atoms with Crippen LogP contribution in [0.3, 0.4) is 0 Å². The van der Waals surface area contributed by atoms with E-state index in [1.54, 1.807) is 0 Å². The number of benzene rings is 2. The summed E-state index contributed by atoms with van der Waals surface area (Å²) in [5, 5.41) is 27.6. The molecule has 8 rings (SSSR count). The molecule has 4 N–H and O–H groups in total. The van der Waals surface area contributed by atoms with Crippen LogP contribution in [-0.2, 0) is 16.1 Å². The molecule has 6 aliphatic rings. The molecule has 0 spiro atoms. The summed E-state index contributed by atoms with van der Waals surface area (Å²) in [6, 6.07) is 20.2. The second kappa shape index (κ2) is 20.3. The van der Waals surface area contributed by atoms with Crippen molar-refractivity contribution in [3.05, 3.63) is 96.1 Å². The zero-order valence-corrected chi connectivity index (χ0v) is 40.5. The fraction of sp³-hybridized carbons (Fsp3) is 0.684. The molecule has 0 radical (unpaired) electrons. The number of aliphatic hydroxyl groups excluding tert-OH is 2. The van der Waals surface area contributed by atoms with Crippen molar-refractivity contribution in [2.75, 3.05) is 26.3 Å². The lowest BCUT2D eigenvalue weighted by Gasteiger charge is -2.57. The molecule has 2 aromatic carbocycles. The number of hydrogen-bond donors (Lipinski definition) is 4. The van der Waals surface area contributed by atoms with Crippen molar-refractivity contribution in [3.8, 4) is 0 Å². The van der Waals surface area contributed by atoms with Gasteiger partial charge in [0, 0.05) is 32.2 Å². The quantitative estimate of drug-likeness (QED) is 0.125. The Morgan fingerprint density at radius 3 is 1.83 bits per heavy atom. The average Bonchev–Trinajstić information content (AvgIpc) is 3.77. The first-order chi connectivity index (χ1) is 30.5. The van der Waals surface area contributed by atoms with Gasteiger partial charge in [-0.1, -0.05) is 114 Å². The molecule has 64 heavy (non-hydrogen) atoms. The topological polar surface area (TPSA) is 108 Å². The second-order valence-electron chi connectivity index (χ2n) is 22.8. The molecule has 0 heterocycles. The van der Waals surface area contributed by atoms with Crippen molar-refractivity contribution in [2.24, 2.45) is 74.9 Å². The first-order valence-corrected chi connectivity index (χ1v) is 25.4. The Morgan fingerprint density at radius 2 is 1.25 bits per heavy atom. The number of esters is 1. The summed E-state index contributed by atoms with van der Waals surface area (Å²) in [4.78, 5) is 24.7. The van der Waals surface area contributed by atoms with E-state index in [1.165, 1.54) is 68.6 Å². The van der Waals surface area contributed by atoms with Crippen LogP contribution in [0.5, 0.6) is 0 Å². The Bertz CT molecular complexity index is 1920. The van der Waals surface area contributed by atoms with E-state index >= 15 is 0 Å². The highest BCUT2D eigenvalue weighted by Gasteiger charge is 2.58. The summed E-state index contributed by atoms with van der Waals surface area (Å²) in [7, 11) is 0. The van der Waals surface area contributed by atoms with Crippen LogP contribution in [0.2, 0.25) is 0 Å². The highest BCUT2D eigenvalue weighted by Crippen LogP contribution is 2.65. The molecular formula is C57H84N2O5. The van der Waals surface area contributed by atoms with E-state index in [9.17, 15) is 19.8 Å². The first-order valence-electron chi connectivity index (χ1n) is 25.4. The molecule has 6 aliphatic carbocycles. The third-order valence-electron chi connectivity index (χ3n) is 19.6. The van der Waals surface area contributed by atoms with Gasteiger partial charge in [0.1, 0.15) is 0 Å². The normalized spacial score (nSPS) is 39.5. The van der Waals surface area contributed by atoms with Crippen molar-refractivity contribution in [1.29, 1.82) is 0 Å². The van der Waals surface area contributed by atoms with Crippen molar-refractivity contribution in [1.82, 2.24) is 10.6 Å². The molecule has 0 aromatic heterocycles. The van der Waals surface area contributed by atoms with Crippen molar-refractivity contribution in [3.63, 3.8) is 0 Å². The zero-order valence-electron chi connectivity index (χ0n) is 40.5. The van der Waals surface area contributed by atoms with Crippen molar-refractivity contribution in [2.45, 2.75) is 144 Å². The molecule has 7 nitrogen and oxygen atoms in total. The summed E-state index contributed by atoms with van der Waals surface area (Å²) in [6.07, 6.45) is 15.4. The van der Waals surface area contributed by atoms with Gasteiger partial charge in [0.15, 0.2) is 0 Å². The maximum Gasteiger partial charge on any atom is 0.302 e. The number of hydrogen-bond acceptors (Lipinski definition) is 6. The molecule has 6 saturated carbocycles. The van der Waals surface area contributed by atoms with Gasteiger partial charge >= 0.3 is 5.97 Å². The van der Waals surface area contributed by atoms with Gasteiger partial charge in [-0.15, -0.1) is 0 Å². The molecule has 0 aliphatic heterocycles. The number of fused-ring (bicyclic) bond motifs is 2. The molecule has 2 aromatic rings. The van der Waals surface area contributed by atoms with E-state index < -0.39 is 0 Å². The average molecular weight is 877 g/mol. The number of carbonyl (C=O) groups is 2. The Balaban J connectivity index is 0.000000193. The molecule has 0 bridgehead atoms. The van der Waals surface area contributed by atoms with Gasteiger partial charge in [0.25, 0.3) is 5.91 Å². The Morgan fingerprint density at radius 1 is 0.703 bits per heavy atom. The number of aliphatic hydroxyl groups is 2. The van der Waals surface area contributed by atoms with Gasteiger partial charge < -0.3 is 25.6 Å². The lowest BCUT2D eigenvalue weighted by atomic mass is 9.49. The van der Waals surface area contributed by atoms with Crippen LogP contribution in [0.25, 0.3) is 0 Å². The van der Waals surface area contributed by atoms with E-state index in [2.05, 4.69) is 88.7 Å². The second-order valence-corrected chi connectivity index (χ2v) is 22.8.